The number of hydrogen-bond acceptors (Lipinski definition) is 3. The Morgan fingerprint density at radius 1 is 1.54 bits per heavy atom. The summed E-state index contributed by atoms with van der Waals surface area (Å²) in [7, 11) is 1.97. The molecule has 1 unspecified atom stereocenters. The van der Waals surface area contributed by atoms with Crippen molar-refractivity contribution in [3.63, 3.8) is 0 Å². The van der Waals surface area contributed by atoms with E-state index in [1.165, 1.54) is 12.8 Å². The van der Waals surface area contributed by atoms with Crippen molar-refractivity contribution in [2.24, 2.45) is 11.0 Å². The van der Waals surface area contributed by atoms with E-state index in [1.54, 1.807) is 0 Å². The van der Waals surface area contributed by atoms with Crippen LogP contribution in [0.15, 0.2) is 5.10 Å². The highest BCUT2D eigenvalue weighted by Gasteiger charge is 2.21. The summed E-state index contributed by atoms with van der Waals surface area (Å²) in [6.07, 6.45) is 3.75. The van der Waals surface area contributed by atoms with Gasteiger partial charge in [-0.15, -0.1) is 5.10 Å². The van der Waals surface area contributed by atoms with Gasteiger partial charge in [0.05, 0.1) is 0 Å². The minimum Gasteiger partial charge on any atom is -0.455 e. The Balaban J connectivity index is 2.17. The molecule has 3 nitrogen and oxygen atoms in total. The average Bonchev–Trinajstić information content (AvgIpc) is 2.29. The standard InChI is InChI=1S/C10H20N2O/c1-8(2)6-5-7-10-12(4)11-9(3)13-10/h8,10H,5-7H2,1-4H3. The van der Waals surface area contributed by atoms with Gasteiger partial charge in [0.15, 0.2) is 6.23 Å². The first-order valence-electron chi connectivity index (χ1n) is 5.04. The van der Waals surface area contributed by atoms with Crippen LogP contribution in [-0.4, -0.2) is 24.2 Å². The van der Waals surface area contributed by atoms with Gasteiger partial charge in [-0.05, 0) is 12.3 Å². The molecule has 3 heteroatoms. The van der Waals surface area contributed by atoms with Crippen LogP contribution in [0.1, 0.15) is 40.0 Å². The molecule has 1 atom stereocenters. The number of nitrogens with zero attached hydrogens (tertiary/aromatic N) is 2. The Hall–Kier alpha value is -0.730. The summed E-state index contributed by atoms with van der Waals surface area (Å²) in [5.41, 5.74) is 0. The molecule has 1 aliphatic rings. The fraction of sp³-hybridized carbons (Fsp3) is 0.900. The number of rotatable bonds is 4. The van der Waals surface area contributed by atoms with E-state index in [-0.39, 0.29) is 6.23 Å². The molecule has 0 saturated carbocycles. The molecule has 0 aliphatic carbocycles. The summed E-state index contributed by atoms with van der Waals surface area (Å²) in [4.78, 5) is 0. The Kier molecular flexibility index (Phi) is 3.58. The second-order valence-electron chi connectivity index (χ2n) is 4.09. The van der Waals surface area contributed by atoms with Crippen molar-refractivity contribution in [1.29, 1.82) is 0 Å². The lowest BCUT2D eigenvalue weighted by atomic mass is 10.1. The van der Waals surface area contributed by atoms with E-state index in [0.29, 0.717) is 0 Å². The zero-order chi connectivity index (χ0) is 9.84. The normalized spacial score (nSPS) is 22.1. The molecule has 0 spiro atoms. The van der Waals surface area contributed by atoms with Crippen molar-refractivity contribution in [2.45, 2.75) is 46.3 Å². The van der Waals surface area contributed by atoms with Gasteiger partial charge >= 0.3 is 0 Å². The molecule has 0 radical (unpaired) electrons. The second-order valence-corrected chi connectivity index (χ2v) is 4.09. The van der Waals surface area contributed by atoms with Gasteiger partial charge in [0.1, 0.15) is 0 Å². The van der Waals surface area contributed by atoms with Gasteiger partial charge in [0.25, 0.3) is 0 Å². The van der Waals surface area contributed by atoms with E-state index in [2.05, 4.69) is 18.9 Å². The lowest BCUT2D eigenvalue weighted by Crippen LogP contribution is -2.24. The maximum absolute atomic E-state index is 5.53. The Bertz CT molecular complexity index is 189. The monoisotopic (exact) mass is 184 g/mol. The minimum absolute atomic E-state index is 0.179. The van der Waals surface area contributed by atoms with Crippen LogP contribution >= 0.6 is 0 Å². The summed E-state index contributed by atoms with van der Waals surface area (Å²) >= 11 is 0. The van der Waals surface area contributed by atoms with Gasteiger partial charge in [-0.1, -0.05) is 20.3 Å². The van der Waals surface area contributed by atoms with E-state index in [0.717, 1.165) is 18.2 Å². The molecule has 0 amide bonds. The number of hydrogen-bond donors (Lipinski definition) is 0. The third-order valence-electron chi connectivity index (χ3n) is 2.25. The molecule has 76 valence electrons. The van der Waals surface area contributed by atoms with Gasteiger partial charge in [-0.2, -0.15) is 0 Å². The summed E-state index contributed by atoms with van der Waals surface area (Å²) < 4.78 is 5.53. The first-order chi connectivity index (χ1) is 6.09. The smallest absolute Gasteiger partial charge is 0.205 e. The van der Waals surface area contributed by atoms with E-state index in [4.69, 9.17) is 4.74 Å². The van der Waals surface area contributed by atoms with Crippen LogP contribution in [0.5, 0.6) is 0 Å². The topological polar surface area (TPSA) is 24.8 Å². The maximum Gasteiger partial charge on any atom is 0.205 e. The SMILES string of the molecule is CC1=NN(C)C(CCCC(C)C)O1. The molecule has 1 aliphatic heterocycles. The number of hydrazone groups is 1. The highest BCUT2D eigenvalue weighted by Crippen LogP contribution is 2.17. The minimum atomic E-state index is 0.179. The van der Waals surface area contributed by atoms with Crippen molar-refractivity contribution in [3.8, 4) is 0 Å². The number of ether oxygens (including phenoxy) is 1. The van der Waals surface area contributed by atoms with Crippen LogP contribution in [0.25, 0.3) is 0 Å². The molecule has 0 fully saturated rings. The van der Waals surface area contributed by atoms with Gasteiger partial charge in [0, 0.05) is 20.4 Å². The first-order valence-corrected chi connectivity index (χ1v) is 5.04. The van der Waals surface area contributed by atoms with E-state index in [9.17, 15) is 0 Å². The predicted molar refractivity (Wildman–Crippen MR) is 54.4 cm³/mol. The molecule has 1 rings (SSSR count). The van der Waals surface area contributed by atoms with Gasteiger partial charge in [0.2, 0.25) is 5.90 Å². The lowest BCUT2D eigenvalue weighted by Gasteiger charge is -2.17. The van der Waals surface area contributed by atoms with Gasteiger partial charge in [-0.25, -0.2) is 0 Å². The van der Waals surface area contributed by atoms with Crippen molar-refractivity contribution in [1.82, 2.24) is 5.01 Å². The predicted octanol–water partition coefficient (Wildman–Crippen LogP) is 2.43. The molecular weight excluding hydrogens is 164 g/mol. The van der Waals surface area contributed by atoms with Crippen LogP contribution in [0.4, 0.5) is 0 Å². The van der Waals surface area contributed by atoms with Crippen LogP contribution in [0.3, 0.4) is 0 Å². The molecule has 1 heterocycles. The van der Waals surface area contributed by atoms with Crippen molar-refractivity contribution in [2.75, 3.05) is 7.05 Å². The molecular formula is C10H20N2O. The van der Waals surface area contributed by atoms with E-state index < -0.39 is 0 Å². The fourth-order valence-corrected chi connectivity index (χ4v) is 1.53. The van der Waals surface area contributed by atoms with Crippen molar-refractivity contribution < 1.29 is 4.74 Å². The second kappa shape index (κ2) is 4.49. The first kappa shape index (κ1) is 10.4. The van der Waals surface area contributed by atoms with Gasteiger partial charge < -0.3 is 4.74 Å². The van der Waals surface area contributed by atoms with Crippen molar-refractivity contribution in [3.05, 3.63) is 0 Å². The summed E-state index contributed by atoms with van der Waals surface area (Å²) in [5.74, 6) is 1.57. The zero-order valence-corrected chi connectivity index (χ0v) is 9.08. The molecule has 0 bridgehead atoms. The van der Waals surface area contributed by atoms with E-state index >= 15 is 0 Å². The highest BCUT2D eigenvalue weighted by molar-refractivity contribution is 5.74. The lowest BCUT2D eigenvalue weighted by molar-refractivity contribution is 0.0658. The quantitative estimate of drug-likeness (QED) is 0.670. The van der Waals surface area contributed by atoms with Crippen LogP contribution in [0, 0.1) is 5.92 Å². The molecule has 13 heavy (non-hydrogen) atoms. The molecule has 0 aromatic rings. The Labute approximate surface area is 80.8 Å². The largest absolute Gasteiger partial charge is 0.455 e. The summed E-state index contributed by atoms with van der Waals surface area (Å²) in [6.45, 7) is 6.40. The molecule has 0 saturated heterocycles. The van der Waals surface area contributed by atoms with Crippen LogP contribution in [0.2, 0.25) is 0 Å². The van der Waals surface area contributed by atoms with Crippen LogP contribution < -0.4 is 0 Å². The highest BCUT2D eigenvalue weighted by atomic mass is 16.5. The maximum atomic E-state index is 5.53. The third-order valence-corrected chi connectivity index (χ3v) is 2.25. The summed E-state index contributed by atoms with van der Waals surface area (Å²) in [6, 6.07) is 0. The molecule has 0 aromatic heterocycles. The third kappa shape index (κ3) is 3.25. The van der Waals surface area contributed by atoms with Gasteiger partial charge in [-0.3, -0.25) is 5.01 Å². The van der Waals surface area contributed by atoms with E-state index in [1.807, 2.05) is 19.0 Å². The average molecular weight is 184 g/mol. The van der Waals surface area contributed by atoms with Crippen molar-refractivity contribution >= 4 is 5.90 Å². The summed E-state index contributed by atoms with van der Waals surface area (Å²) in [5, 5.41) is 6.11. The fourth-order valence-electron chi connectivity index (χ4n) is 1.53. The Morgan fingerprint density at radius 2 is 2.23 bits per heavy atom. The Morgan fingerprint density at radius 3 is 2.69 bits per heavy atom. The molecule has 0 N–H and O–H groups in total. The van der Waals surface area contributed by atoms with Crippen LogP contribution in [-0.2, 0) is 4.74 Å². The zero-order valence-electron chi connectivity index (χ0n) is 9.08. The molecule has 0 aromatic carbocycles.